The predicted octanol–water partition coefficient (Wildman–Crippen LogP) is 4.29. The number of nitrogens with one attached hydrogen (secondary N) is 1. The van der Waals surface area contributed by atoms with Gasteiger partial charge in [0, 0.05) is 7.11 Å². The second-order valence-corrected chi connectivity index (χ2v) is 6.91. The summed E-state index contributed by atoms with van der Waals surface area (Å²) in [7, 11) is 1.71. The second-order valence-electron chi connectivity index (χ2n) is 6.91. The van der Waals surface area contributed by atoms with Crippen LogP contribution in [0.15, 0.2) is 16.5 Å². The van der Waals surface area contributed by atoms with Crippen molar-refractivity contribution in [3.05, 3.63) is 23.7 Å². The molecule has 4 atom stereocenters. The van der Waals surface area contributed by atoms with E-state index >= 15 is 0 Å². The Labute approximate surface area is 128 Å². The van der Waals surface area contributed by atoms with E-state index in [2.05, 4.69) is 24.4 Å². The minimum absolute atomic E-state index is 0.375. The maximum absolute atomic E-state index is 5.99. The molecule has 1 aromatic heterocycles. The van der Waals surface area contributed by atoms with Crippen molar-refractivity contribution in [1.82, 2.24) is 5.32 Å². The summed E-state index contributed by atoms with van der Waals surface area (Å²) in [6, 6.07) is 4.56. The van der Waals surface area contributed by atoms with E-state index in [0.29, 0.717) is 12.6 Å². The van der Waals surface area contributed by atoms with E-state index in [-0.39, 0.29) is 0 Å². The van der Waals surface area contributed by atoms with Gasteiger partial charge in [-0.05, 0) is 68.5 Å². The highest BCUT2D eigenvalue weighted by molar-refractivity contribution is 5.11. The largest absolute Gasteiger partial charge is 0.462 e. The first-order valence-corrected chi connectivity index (χ1v) is 8.61. The third-order valence-electron chi connectivity index (χ3n) is 5.38. The quantitative estimate of drug-likeness (QED) is 0.775. The standard InChI is InChI=1S/C18H29NO2/c1-3-8-19-17(18-7-6-16(21-18)12-20-2)11-15-10-13-4-5-14(15)9-13/h6-7,13-15,17,19H,3-5,8-12H2,1-2H3. The number of rotatable bonds is 8. The summed E-state index contributed by atoms with van der Waals surface area (Å²) in [5.41, 5.74) is 0. The molecule has 3 nitrogen and oxygen atoms in total. The Bertz CT molecular complexity index is 442. The molecule has 1 heterocycles. The van der Waals surface area contributed by atoms with Crippen molar-refractivity contribution in [3.8, 4) is 0 Å². The number of furan rings is 1. The predicted molar refractivity (Wildman–Crippen MR) is 84.0 cm³/mol. The van der Waals surface area contributed by atoms with Crippen LogP contribution in [-0.2, 0) is 11.3 Å². The van der Waals surface area contributed by atoms with Gasteiger partial charge < -0.3 is 14.5 Å². The molecular weight excluding hydrogens is 262 g/mol. The monoisotopic (exact) mass is 291 g/mol. The van der Waals surface area contributed by atoms with Crippen molar-refractivity contribution in [2.24, 2.45) is 17.8 Å². The summed E-state index contributed by atoms with van der Waals surface area (Å²) >= 11 is 0. The molecule has 2 bridgehead atoms. The average Bonchev–Trinajstić information content (AvgIpc) is 3.19. The molecule has 1 N–H and O–H groups in total. The fourth-order valence-electron chi connectivity index (χ4n) is 4.39. The van der Waals surface area contributed by atoms with E-state index in [1.165, 1.54) is 38.5 Å². The van der Waals surface area contributed by atoms with E-state index in [9.17, 15) is 0 Å². The van der Waals surface area contributed by atoms with Crippen molar-refractivity contribution in [2.75, 3.05) is 13.7 Å². The zero-order valence-electron chi connectivity index (χ0n) is 13.4. The summed E-state index contributed by atoms with van der Waals surface area (Å²) < 4.78 is 11.1. The van der Waals surface area contributed by atoms with Gasteiger partial charge in [0.05, 0.1) is 6.04 Å². The van der Waals surface area contributed by atoms with E-state index in [1.54, 1.807) is 7.11 Å². The van der Waals surface area contributed by atoms with E-state index in [1.807, 2.05) is 0 Å². The maximum atomic E-state index is 5.99. The molecule has 0 aromatic carbocycles. The van der Waals surface area contributed by atoms with Gasteiger partial charge in [0.2, 0.25) is 0 Å². The summed E-state index contributed by atoms with van der Waals surface area (Å²) in [4.78, 5) is 0. The van der Waals surface area contributed by atoms with Crippen LogP contribution in [0.3, 0.4) is 0 Å². The highest BCUT2D eigenvalue weighted by atomic mass is 16.5. The normalized spacial score (nSPS) is 29.1. The molecule has 0 radical (unpaired) electrons. The van der Waals surface area contributed by atoms with Gasteiger partial charge in [0.25, 0.3) is 0 Å². The molecule has 0 aliphatic heterocycles. The Hall–Kier alpha value is -0.800. The highest BCUT2D eigenvalue weighted by Gasteiger charge is 2.40. The van der Waals surface area contributed by atoms with Gasteiger partial charge in [-0.15, -0.1) is 0 Å². The van der Waals surface area contributed by atoms with E-state index < -0.39 is 0 Å². The molecule has 1 aromatic rings. The molecule has 0 amide bonds. The molecule has 2 aliphatic carbocycles. The van der Waals surface area contributed by atoms with Crippen LogP contribution < -0.4 is 5.32 Å². The van der Waals surface area contributed by atoms with E-state index in [4.69, 9.17) is 9.15 Å². The Kier molecular flexibility index (Phi) is 5.02. The first kappa shape index (κ1) is 15.1. The zero-order chi connectivity index (χ0) is 14.7. The first-order chi connectivity index (χ1) is 10.3. The highest BCUT2D eigenvalue weighted by Crippen LogP contribution is 2.51. The summed E-state index contributed by atoms with van der Waals surface area (Å²) in [6.45, 7) is 3.85. The Morgan fingerprint density at radius 3 is 2.90 bits per heavy atom. The number of methoxy groups -OCH3 is 1. The lowest BCUT2D eigenvalue weighted by Gasteiger charge is -2.26. The van der Waals surface area contributed by atoms with Crippen molar-refractivity contribution >= 4 is 0 Å². The first-order valence-electron chi connectivity index (χ1n) is 8.61. The van der Waals surface area contributed by atoms with E-state index in [0.717, 1.165) is 35.8 Å². The zero-order valence-corrected chi connectivity index (χ0v) is 13.4. The summed E-state index contributed by atoms with van der Waals surface area (Å²) in [5, 5.41) is 3.69. The average molecular weight is 291 g/mol. The topological polar surface area (TPSA) is 34.4 Å². The lowest BCUT2D eigenvalue weighted by molar-refractivity contribution is 0.160. The lowest BCUT2D eigenvalue weighted by Crippen LogP contribution is -2.26. The van der Waals surface area contributed by atoms with Crippen LogP contribution in [0.25, 0.3) is 0 Å². The molecule has 2 aliphatic rings. The van der Waals surface area contributed by atoms with Crippen LogP contribution >= 0.6 is 0 Å². The van der Waals surface area contributed by atoms with Gasteiger partial charge in [-0.2, -0.15) is 0 Å². The molecule has 4 unspecified atom stereocenters. The van der Waals surface area contributed by atoms with Gasteiger partial charge in [0.1, 0.15) is 18.1 Å². The smallest absolute Gasteiger partial charge is 0.129 e. The number of ether oxygens (including phenoxy) is 1. The molecule has 2 fully saturated rings. The fraction of sp³-hybridized carbons (Fsp3) is 0.778. The molecule has 0 saturated heterocycles. The molecular formula is C18H29NO2. The van der Waals surface area contributed by atoms with Gasteiger partial charge in [0.15, 0.2) is 0 Å². The number of hydrogen-bond donors (Lipinski definition) is 1. The van der Waals surface area contributed by atoms with Crippen molar-refractivity contribution < 1.29 is 9.15 Å². The van der Waals surface area contributed by atoms with Crippen molar-refractivity contribution in [3.63, 3.8) is 0 Å². The summed E-state index contributed by atoms with van der Waals surface area (Å²) in [5.74, 6) is 4.93. The summed E-state index contributed by atoms with van der Waals surface area (Å²) in [6.07, 6.45) is 8.27. The molecule has 21 heavy (non-hydrogen) atoms. The molecule has 3 heteroatoms. The Morgan fingerprint density at radius 1 is 1.33 bits per heavy atom. The van der Waals surface area contributed by atoms with Gasteiger partial charge in [-0.25, -0.2) is 0 Å². The minimum atomic E-state index is 0.375. The van der Waals surface area contributed by atoms with Crippen LogP contribution in [0.5, 0.6) is 0 Å². The van der Waals surface area contributed by atoms with Crippen LogP contribution in [0.2, 0.25) is 0 Å². The lowest BCUT2D eigenvalue weighted by atomic mass is 9.83. The number of fused-ring (bicyclic) bond motifs is 2. The second kappa shape index (κ2) is 6.97. The maximum Gasteiger partial charge on any atom is 0.129 e. The van der Waals surface area contributed by atoms with Crippen molar-refractivity contribution in [2.45, 2.75) is 58.1 Å². The van der Waals surface area contributed by atoms with Gasteiger partial charge in [-0.1, -0.05) is 13.3 Å². The third kappa shape index (κ3) is 3.51. The van der Waals surface area contributed by atoms with Crippen molar-refractivity contribution in [1.29, 1.82) is 0 Å². The number of hydrogen-bond acceptors (Lipinski definition) is 3. The molecule has 3 rings (SSSR count). The molecule has 0 spiro atoms. The van der Waals surface area contributed by atoms with Crippen LogP contribution in [0, 0.1) is 17.8 Å². The molecule has 2 saturated carbocycles. The van der Waals surface area contributed by atoms with Crippen LogP contribution in [0.1, 0.15) is 63.0 Å². The van der Waals surface area contributed by atoms with Gasteiger partial charge in [-0.3, -0.25) is 0 Å². The fourth-order valence-corrected chi connectivity index (χ4v) is 4.39. The Morgan fingerprint density at radius 2 is 2.24 bits per heavy atom. The minimum Gasteiger partial charge on any atom is -0.462 e. The molecule has 118 valence electrons. The Balaban J connectivity index is 1.64. The van der Waals surface area contributed by atoms with Crippen LogP contribution in [0.4, 0.5) is 0 Å². The van der Waals surface area contributed by atoms with Crippen LogP contribution in [-0.4, -0.2) is 13.7 Å². The SMILES string of the molecule is CCCNC(CC1CC2CCC1C2)c1ccc(COC)o1. The van der Waals surface area contributed by atoms with Gasteiger partial charge >= 0.3 is 0 Å². The third-order valence-corrected chi connectivity index (χ3v) is 5.38.